The quantitative estimate of drug-likeness (QED) is 0.897. The molecule has 0 bridgehead atoms. The monoisotopic (exact) mass is 343 g/mol. The van der Waals surface area contributed by atoms with Crippen LogP contribution in [0.15, 0.2) is 4.47 Å². The molecule has 0 aliphatic carbocycles. The fourth-order valence-corrected chi connectivity index (χ4v) is 3.80. The van der Waals surface area contributed by atoms with E-state index in [1.165, 1.54) is 12.8 Å². The van der Waals surface area contributed by atoms with E-state index in [2.05, 4.69) is 25.9 Å². The molecular weight excluding hydrogens is 322 g/mol. The van der Waals surface area contributed by atoms with Crippen molar-refractivity contribution in [1.29, 1.82) is 0 Å². The molecule has 3 heterocycles. The maximum absolute atomic E-state index is 10.5. The summed E-state index contributed by atoms with van der Waals surface area (Å²) in [5, 5.41) is 14.9. The number of aliphatic hydroxyl groups is 1. The number of ether oxygens (including phenoxy) is 1. The number of aliphatic hydroxyl groups excluding tert-OH is 1. The van der Waals surface area contributed by atoms with Crippen molar-refractivity contribution in [3.05, 3.63) is 15.9 Å². The Hall–Kier alpha value is -0.430. The number of aromatic nitrogens is 2. The predicted octanol–water partition coefficient (Wildman–Crippen LogP) is 1.26. The molecule has 0 saturated carbocycles. The smallest absolute Gasteiger partial charge is 0.0965 e. The van der Waals surface area contributed by atoms with E-state index in [1.807, 2.05) is 18.7 Å². The van der Waals surface area contributed by atoms with Gasteiger partial charge in [0.25, 0.3) is 0 Å². The summed E-state index contributed by atoms with van der Waals surface area (Å²) in [4.78, 5) is 2.46. The van der Waals surface area contributed by atoms with E-state index in [0.29, 0.717) is 12.5 Å². The lowest BCUT2D eigenvalue weighted by Crippen LogP contribution is -2.50. The van der Waals surface area contributed by atoms with Crippen LogP contribution in [0.2, 0.25) is 0 Å². The minimum atomic E-state index is -0.484. The van der Waals surface area contributed by atoms with Crippen molar-refractivity contribution in [3.63, 3.8) is 0 Å². The molecule has 3 rings (SSSR count). The number of hydrogen-bond donors (Lipinski definition) is 1. The second kappa shape index (κ2) is 5.75. The zero-order valence-corrected chi connectivity index (χ0v) is 13.6. The summed E-state index contributed by atoms with van der Waals surface area (Å²) >= 11 is 3.55. The third-order valence-electron chi connectivity index (χ3n) is 4.51. The minimum absolute atomic E-state index is 0.0912. The van der Waals surface area contributed by atoms with E-state index < -0.39 is 6.10 Å². The van der Waals surface area contributed by atoms with Gasteiger partial charge in [-0.05, 0) is 42.2 Å². The highest BCUT2D eigenvalue weighted by Crippen LogP contribution is 2.26. The first kappa shape index (κ1) is 14.5. The summed E-state index contributed by atoms with van der Waals surface area (Å²) in [7, 11) is 1.91. The maximum Gasteiger partial charge on any atom is 0.0965 e. The lowest BCUT2D eigenvalue weighted by atomic mass is 10.1. The van der Waals surface area contributed by atoms with Gasteiger partial charge in [0.15, 0.2) is 0 Å². The van der Waals surface area contributed by atoms with Gasteiger partial charge in [-0.25, -0.2) is 0 Å². The van der Waals surface area contributed by atoms with Crippen LogP contribution in [0.1, 0.15) is 24.2 Å². The number of hydrogen-bond acceptors (Lipinski definition) is 4. The van der Waals surface area contributed by atoms with E-state index in [0.717, 1.165) is 35.6 Å². The van der Waals surface area contributed by atoms with Gasteiger partial charge in [-0.2, -0.15) is 5.10 Å². The normalized spacial score (nSPS) is 28.6. The molecule has 0 spiro atoms. The molecule has 2 aliphatic heterocycles. The van der Waals surface area contributed by atoms with Crippen molar-refractivity contribution in [1.82, 2.24) is 14.7 Å². The van der Waals surface area contributed by atoms with Crippen molar-refractivity contribution < 1.29 is 9.84 Å². The van der Waals surface area contributed by atoms with Gasteiger partial charge in [0, 0.05) is 26.1 Å². The summed E-state index contributed by atoms with van der Waals surface area (Å²) in [6, 6.07) is 0.573. The van der Waals surface area contributed by atoms with E-state index in [-0.39, 0.29) is 6.10 Å². The molecule has 5 nitrogen and oxygen atoms in total. The first-order chi connectivity index (χ1) is 9.56. The highest BCUT2D eigenvalue weighted by atomic mass is 79.9. The number of fused-ring (bicyclic) bond motifs is 1. The third-order valence-corrected chi connectivity index (χ3v) is 5.54. The molecule has 6 heteroatoms. The lowest BCUT2D eigenvalue weighted by Gasteiger charge is -2.37. The van der Waals surface area contributed by atoms with Crippen LogP contribution in [0.4, 0.5) is 0 Å². The van der Waals surface area contributed by atoms with E-state index in [9.17, 15) is 5.11 Å². The molecule has 0 aromatic carbocycles. The summed E-state index contributed by atoms with van der Waals surface area (Å²) in [6.45, 7) is 4.71. The Bertz CT molecular complexity index is 491. The van der Waals surface area contributed by atoms with Crippen LogP contribution in [0.25, 0.3) is 0 Å². The molecular formula is C14H22BrN3O2. The van der Waals surface area contributed by atoms with E-state index >= 15 is 0 Å². The van der Waals surface area contributed by atoms with Crippen molar-refractivity contribution in [3.8, 4) is 0 Å². The summed E-state index contributed by atoms with van der Waals surface area (Å²) in [5.41, 5.74) is 1.99. The van der Waals surface area contributed by atoms with Crippen LogP contribution in [0.5, 0.6) is 0 Å². The van der Waals surface area contributed by atoms with Crippen molar-refractivity contribution in [2.75, 3.05) is 19.7 Å². The van der Waals surface area contributed by atoms with Crippen LogP contribution >= 0.6 is 15.9 Å². The molecule has 2 saturated heterocycles. The molecule has 0 amide bonds. The number of rotatable bonds is 3. The number of morpholine rings is 1. The zero-order chi connectivity index (χ0) is 14.3. The van der Waals surface area contributed by atoms with Gasteiger partial charge in [-0.1, -0.05) is 0 Å². The van der Waals surface area contributed by atoms with E-state index in [4.69, 9.17) is 4.74 Å². The number of aryl methyl sites for hydroxylation is 2. The Morgan fingerprint density at radius 2 is 2.35 bits per heavy atom. The van der Waals surface area contributed by atoms with E-state index in [1.54, 1.807) is 0 Å². The Labute approximate surface area is 128 Å². The van der Waals surface area contributed by atoms with Gasteiger partial charge >= 0.3 is 0 Å². The van der Waals surface area contributed by atoms with Crippen LogP contribution in [-0.2, 0) is 18.2 Å². The topological polar surface area (TPSA) is 50.5 Å². The second-order valence-corrected chi connectivity index (χ2v) is 6.70. The largest absolute Gasteiger partial charge is 0.390 e. The highest BCUT2D eigenvalue weighted by molar-refractivity contribution is 9.10. The molecule has 1 N–H and O–H groups in total. The van der Waals surface area contributed by atoms with Crippen molar-refractivity contribution >= 4 is 15.9 Å². The maximum atomic E-state index is 10.5. The fraction of sp³-hybridized carbons (Fsp3) is 0.786. The molecule has 1 aromatic heterocycles. The average Bonchev–Trinajstić information content (AvgIpc) is 2.98. The molecule has 112 valence electrons. The lowest BCUT2D eigenvalue weighted by molar-refractivity contribution is -0.102. The van der Waals surface area contributed by atoms with Crippen molar-refractivity contribution in [2.45, 2.75) is 44.4 Å². The van der Waals surface area contributed by atoms with Gasteiger partial charge in [-0.15, -0.1) is 0 Å². The molecule has 2 aliphatic rings. The summed E-state index contributed by atoms with van der Waals surface area (Å²) in [5.74, 6) is 0. The molecule has 3 atom stereocenters. The fourth-order valence-electron chi connectivity index (χ4n) is 3.31. The molecule has 20 heavy (non-hydrogen) atoms. The van der Waals surface area contributed by atoms with Crippen LogP contribution in [0.3, 0.4) is 0 Å². The average molecular weight is 344 g/mol. The predicted molar refractivity (Wildman–Crippen MR) is 79.7 cm³/mol. The van der Waals surface area contributed by atoms with Gasteiger partial charge in [0.2, 0.25) is 0 Å². The number of halogens is 1. The van der Waals surface area contributed by atoms with Crippen LogP contribution < -0.4 is 0 Å². The Morgan fingerprint density at radius 3 is 3.05 bits per heavy atom. The summed E-state index contributed by atoms with van der Waals surface area (Å²) < 4.78 is 8.71. The molecule has 1 aromatic rings. The first-order valence-electron chi connectivity index (χ1n) is 7.28. The third kappa shape index (κ3) is 2.66. The Kier molecular flexibility index (Phi) is 4.17. The Balaban J connectivity index is 1.65. The SMILES string of the molecule is Cc1nn(C)c(CC(O)C2CN3CCCC3CO2)c1Br. The summed E-state index contributed by atoms with van der Waals surface area (Å²) in [6.07, 6.45) is 2.48. The first-order valence-corrected chi connectivity index (χ1v) is 8.07. The van der Waals surface area contributed by atoms with Gasteiger partial charge in [0.05, 0.1) is 34.7 Å². The molecule has 3 unspecified atom stereocenters. The van der Waals surface area contributed by atoms with Crippen LogP contribution in [0, 0.1) is 6.92 Å². The Morgan fingerprint density at radius 1 is 1.55 bits per heavy atom. The second-order valence-electron chi connectivity index (χ2n) is 5.90. The number of nitrogens with zero attached hydrogens (tertiary/aromatic N) is 3. The van der Waals surface area contributed by atoms with Gasteiger partial charge < -0.3 is 9.84 Å². The van der Waals surface area contributed by atoms with Gasteiger partial charge in [-0.3, -0.25) is 9.58 Å². The van der Waals surface area contributed by atoms with Gasteiger partial charge in [0.1, 0.15) is 0 Å². The van der Waals surface area contributed by atoms with Crippen LogP contribution in [-0.4, -0.2) is 57.7 Å². The molecule has 2 fully saturated rings. The minimum Gasteiger partial charge on any atom is -0.390 e. The standard InChI is InChI=1S/C14H22BrN3O2/c1-9-14(15)11(17(2)16-9)6-12(19)13-7-18-5-3-4-10(18)8-20-13/h10,12-13,19H,3-8H2,1-2H3. The zero-order valence-electron chi connectivity index (χ0n) is 12.0. The highest BCUT2D eigenvalue weighted by Gasteiger charge is 2.35. The molecule has 0 radical (unpaired) electrons. The van der Waals surface area contributed by atoms with Crippen molar-refractivity contribution in [2.24, 2.45) is 7.05 Å².